The molecule has 16 heavy (non-hydrogen) atoms. The SMILES string of the molecule is CC(C)(C)c1ncc(Cl)cc1-c1cc[nH]n1. The average Bonchev–Trinajstić information content (AvgIpc) is 2.68. The second-order valence-corrected chi connectivity index (χ2v) is 5.20. The Hall–Kier alpha value is -1.35. The van der Waals surface area contributed by atoms with E-state index in [2.05, 4.69) is 36.0 Å². The monoisotopic (exact) mass is 235 g/mol. The van der Waals surface area contributed by atoms with Crippen molar-refractivity contribution < 1.29 is 0 Å². The minimum Gasteiger partial charge on any atom is -0.285 e. The van der Waals surface area contributed by atoms with Crippen molar-refractivity contribution in [3.63, 3.8) is 0 Å². The van der Waals surface area contributed by atoms with Crippen LogP contribution in [0.5, 0.6) is 0 Å². The number of hydrogen-bond donors (Lipinski definition) is 1. The molecule has 2 aromatic rings. The molecule has 84 valence electrons. The summed E-state index contributed by atoms with van der Waals surface area (Å²) in [7, 11) is 0. The highest BCUT2D eigenvalue weighted by Crippen LogP contribution is 2.31. The number of rotatable bonds is 1. The van der Waals surface area contributed by atoms with Crippen LogP contribution >= 0.6 is 11.6 Å². The summed E-state index contributed by atoms with van der Waals surface area (Å²) in [6.45, 7) is 6.37. The van der Waals surface area contributed by atoms with Gasteiger partial charge in [0, 0.05) is 23.4 Å². The van der Waals surface area contributed by atoms with Crippen molar-refractivity contribution >= 4 is 11.6 Å². The van der Waals surface area contributed by atoms with Crippen LogP contribution < -0.4 is 0 Å². The summed E-state index contributed by atoms with van der Waals surface area (Å²) in [6.07, 6.45) is 3.47. The number of H-pyrrole nitrogens is 1. The maximum absolute atomic E-state index is 5.98. The molecular weight excluding hydrogens is 222 g/mol. The van der Waals surface area contributed by atoms with E-state index in [0.717, 1.165) is 17.0 Å². The van der Waals surface area contributed by atoms with E-state index in [1.54, 1.807) is 12.4 Å². The zero-order valence-electron chi connectivity index (χ0n) is 9.58. The molecule has 0 saturated carbocycles. The molecule has 0 spiro atoms. The van der Waals surface area contributed by atoms with Crippen molar-refractivity contribution in [2.24, 2.45) is 0 Å². The highest BCUT2D eigenvalue weighted by atomic mass is 35.5. The Morgan fingerprint density at radius 2 is 2.06 bits per heavy atom. The molecule has 0 aromatic carbocycles. The van der Waals surface area contributed by atoms with Gasteiger partial charge in [-0.1, -0.05) is 32.4 Å². The van der Waals surface area contributed by atoms with Crippen LogP contribution in [0.15, 0.2) is 24.5 Å². The fourth-order valence-corrected chi connectivity index (χ4v) is 1.80. The van der Waals surface area contributed by atoms with Gasteiger partial charge in [0.25, 0.3) is 0 Å². The Bertz CT molecular complexity index is 483. The molecule has 0 aliphatic carbocycles. The number of pyridine rings is 1. The molecule has 0 amide bonds. The minimum atomic E-state index is -0.0289. The number of nitrogens with zero attached hydrogens (tertiary/aromatic N) is 2. The highest BCUT2D eigenvalue weighted by Gasteiger charge is 2.21. The molecule has 2 heterocycles. The van der Waals surface area contributed by atoms with E-state index >= 15 is 0 Å². The fraction of sp³-hybridized carbons (Fsp3) is 0.333. The number of aromatic nitrogens is 3. The zero-order valence-corrected chi connectivity index (χ0v) is 10.3. The zero-order chi connectivity index (χ0) is 11.8. The molecule has 0 saturated heterocycles. The van der Waals surface area contributed by atoms with E-state index in [1.165, 1.54) is 0 Å². The summed E-state index contributed by atoms with van der Waals surface area (Å²) >= 11 is 5.98. The smallest absolute Gasteiger partial charge is 0.0939 e. The van der Waals surface area contributed by atoms with Gasteiger partial charge in [-0.3, -0.25) is 10.1 Å². The lowest BCUT2D eigenvalue weighted by Crippen LogP contribution is -2.15. The molecule has 0 radical (unpaired) electrons. The fourth-order valence-electron chi connectivity index (χ4n) is 1.64. The van der Waals surface area contributed by atoms with Crippen LogP contribution in [0.3, 0.4) is 0 Å². The molecule has 4 heteroatoms. The molecule has 0 bridgehead atoms. The lowest BCUT2D eigenvalue weighted by atomic mass is 9.87. The molecule has 2 rings (SSSR count). The molecule has 0 aliphatic rings. The topological polar surface area (TPSA) is 41.6 Å². The molecule has 2 aromatic heterocycles. The standard InChI is InChI=1S/C12H14ClN3/c1-12(2,3)11-9(6-8(13)7-14-11)10-4-5-15-16-10/h4-7H,1-3H3,(H,15,16). The van der Waals surface area contributed by atoms with Crippen LogP contribution in [0.1, 0.15) is 26.5 Å². The normalized spacial score (nSPS) is 11.8. The van der Waals surface area contributed by atoms with Crippen molar-refractivity contribution in [1.29, 1.82) is 0 Å². The third-order valence-electron chi connectivity index (χ3n) is 2.34. The third kappa shape index (κ3) is 2.09. The Morgan fingerprint density at radius 1 is 1.31 bits per heavy atom. The number of nitrogens with one attached hydrogen (secondary N) is 1. The van der Waals surface area contributed by atoms with Crippen molar-refractivity contribution in [3.8, 4) is 11.3 Å². The maximum atomic E-state index is 5.98. The van der Waals surface area contributed by atoms with Crippen molar-refractivity contribution in [1.82, 2.24) is 15.2 Å². The van der Waals surface area contributed by atoms with Crippen LogP contribution in [-0.2, 0) is 5.41 Å². The summed E-state index contributed by atoms with van der Waals surface area (Å²) in [5.74, 6) is 0. The molecule has 1 N–H and O–H groups in total. The van der Waals surface area contributed by atoms with Gasteiger partial charge in [-0.05, 0) is 12.1 Å². The van der Waals surface area contributed by atoms with E-state index < -0.39 is 0 Å². The first-order valence-corrected chi connectivity index (χ1v) is 5.52. The van der Waals surface area contributed by atoms with E-state index in [-0.39, 0.29) is 5.41 Å². The number of halogens is 1. The van der Waals surface area contributed by atoms with Crippen LogP contribution in [0.2, 0.25) is 5.02 Å². The van der Waals surface area contributed by atoms with Gasteiger partial charge in [0.1, 0.15) is 0 Å². The van der Waals surface area contributed by atoms with Gasteiger partial charge in [-0.25, -0.2) is 0 Å². The Morgan fingerprint density at radius 3 is 2.62 bits per heavy atom. The van der Waals surface area contributed by atoms with Crippen molar-refractivity contribution in [2.45, 2.75) is 26.2 Å². The first-order chi connectivity index (χ1) is 7.48. The van der Waals surface area contributed by atoms with E-state index in [0.29, 0.717) is 5.02 Å². The molecule has 0 unspecified atom stereocenters. The van der Waals surface area contributed by atoms with E-state index in [9.17, 15) is 0 Å². The van der Waals surface area contributed by atoms with Crippen LogP contribution in [-0.4, -0.2) is 15.2 Å². The highest BCUT2D eigenvalue weighted by molar-refractivity contribution is 6.30. The second kappa shape index (κ2) is 3.91. The van der Waals surface area contributed by atoms with Gasteiger partial charge in [-0.15, -0.1) is 0 Å². The van der Waals surface area contributed by atoms with Crippen LogP contribution in [0, 0.1) is 0 Å². The summed E-state index contributed by atoms with van der Waals surface area (Å²) in [5.41, 5.74) is 2.84. The average molecular weight is 236 g/mol. The van der Waals surface area contributed by atoms with Gasteiger partial charge in [0.2, 0.25) is 0 Å². The van der Waals surface area contributed by atoms with Gasteiger partial charge < -0.3 is 0 Å². The first-order valence-electron chi connectivity index (χ1n) is 5.14. The largest absolute Gasteiger partial charge is 0.285 e. The number of aromatic amines is 1. The molecular formula is C12H14ClN3. The van der Waals surface area contributed by atoms with E-state index in [1.807, 2.05) is 12.1 Å². The summed E-state index contributed by atoms with van der Waals surface area (Å²) in [4.78, 5) is 4.42. The maximum Gasteiger partial charge on any atom is 0.0939 e. The van der Waals surface area contributed by atoms with Gasteiger partial charge >= 0.3 is 0 Å². The van der Waals surface area contributed by atoms with Crippen LogP contribution in [0.4, 0.5) is 0 Å². The lowest BCUT2D eigenvalue weighted by Gasteiger charge is -2.20. The van der Waals surface area contributed by atoms with Gasteiger partial charge in [-0.2, -0.15) is 5.10 Å². The predicted molar refractivity (Wildman–Crippen MR) is 65.5 cm³/mol. The first kappa shape index (κ1) is 11.1. The molecule has 3 nitrogen and oxygen atoms in total. The van der Waals surface area contributed by atoms with Crippen molar-refractivity contribution in [3.05, 3.63) is 35.2 Å². The third-order valence-corrected chi connectivity index (χ3v) is 2.55. The lowest BCUT2D eigenvalue weighted by molar-refractivity contribution is 0.570. The molecule has 0 aliphatic heterocycles. The Labute approximate surface area is 99.9 Å². The number of hydrogen-bond acceptors (Lipinski definition) is 2. The predicted octanol–water partition coefficient (Wildman–Crippen LogP) is 3.42. The Balaban J connectivity index is 2.63. The molecule has 0 fully saturated rings. The minimum absolute atomic E-state index is 0.0289. The van der Waals surface area contributed by atoms with Gasteiger partial charge in [0.15, 0.2) is 0 Å². The summed E-state index contributed by atoms with van der Waals surface area (Å²) in [6, 6.07) is 3.83. The van der Waals surface area contributed by atoms with Gasteiger partial charge in [0.05, 0.1) is 16.4 Å². The van der Waals surface area contributed by atoms with Crippen LogP contribution in [0.25, 0.3) is 11.3 Å². The van der Waals surface area contributed by atoms with Crippen molar-refractivity contribution in [2.75, 3.05) is 0 Å². The quantitative estimate of drug-likeness (QED) is 0.823. The summed E-state index contributed by atoms with van der Waals surface area (Å²) in [5, 5.41) is 7.61. The van der Waals surface area contributed by atoms with E-state index in [4.69, 9.17) is 11.6 Å². The second-order valence-electron chi connectivity index (χ2n) is 4.76. The summed E-state index contributed by atoms with van der Waals surface area (Å²) < 4.78 is 0. The Kier molecular flexibility index (Phi) is 2.72. The molecule has 0 atom stereocenters.